The van der Waals surface area contributed by atoms with Gasteiger partial charge in [-0.3, -0.25) is 14.3 Å². The van der Waals surface area contributed by atoms with Crippen LogP contribution in [-0.4, -0.2) is 21.6 Å². The molecule has 150 valence electrons. The van der Waals surface area contributed by atoms with Crippen molar-refractivity contribution in [2.24, 2.45) is 5.73 Å². The highest BCUT2D eigenvalue weighted by Crippen LogP contribution is 2.21. The highest BCUT2D eigenvalue weighted by atomic mass is 16.2. The lowest BCUT2D eigenvalue weighted by Crippen LogP contribution is -2.14. The standard InChI is InChI=1S/C24H22N4O2/c1-15-7-5-11-19(16(15)2)24(30)26-18-9-6-8-17(13-18)14-28-21-12-4-3-10-20(21)22(27-28)23(25)29/h3-13H,14H2,1-2H3,(H2,25,29)(H,26,30). The number of aromatic nitrogens is 2. The molecule has 0 aliphatic carbocycles. The molecule has 6 nitrogen and oxygen atoms in total. The molecular weight excluding hydrogens is 376 g/mol. The van der Waals surface area contributed by atoms with E-state index in [1.54, 1.807) is 4.68 Å². The van der Waals surface area contributed by atoms with E-state index in [0.29, 0.717) is 17.8 Å². The normalized spacial score (nSPS) is 10.9. The van der Waals surface area contributed by atoms with Crippen LogP contribution in [0.4, 0.5) is 5.69 Å². The summed E-state index contributed by atoms with van der Waals surface area (Å²) >= 11 is 0. The molecule has 3 aromatic carbocycles. The first kappa shape index (κ1) is 19.4. The highest BCUT2D eigenvalue weighted by Gasteiger charge is 2.15. The fourth-order valence-electron chi connectivity index (χ4n) is 3.55. The Bertz CT molecular complexity index is 1270. The molecular formula is C24H22N4O2. The number of nitrogens with zero attached hydrogens (tertiary/aromatic N) is 2. The van der Waals surface area contributed by atoms with Crippen LogP contribution in [0.2, 0.25) is 0 Å². The van der Waals surface area contributed by atoms with Gasteiger partial charge >= 0.3 is 0 Å². The molecule has 0 saturated heterocycles. The number of nitrogens with two attached hydrogens (primary N) is 1. The summed E-state index contributed by atoms with van der Waals surface area (Å²) in [5, 5.41) is 8.09. The van der Waals surface area contributed by atoms with Crippen molar-refractivity contribution in [3.63, 3.8) is 0 Å². The number of nitrogens with one attached hydrogen (secondary N) is 1. The Balaban J connectivity index is 1.60. The second kappa shape index (κ2) is 7.83. The first-order chi connectivity index (χ1) is 14.4. The SMILES string of the molecule is Cc1cccc(C(=O)Nc2cccc(Cn3nc(C(N)=O)c4ccccc43)c2)c1C. The van der Waals surface area contributed by atoms with Crippen LogP contribution in [-0.2, 0) is 6.54 Å². The van der Waals surface area contributed by atoms with Gasteiger partial charge < -0.3 is 11.1 Å². The third-order valence-electron chi connectivity index (χ3n) is 5.26. The van der Waals surface area contributed by atoms with Crippen LogP contribution in [0.15, 0.2) is 66.7 Å². The van der Waals surface area contributed by atoms with Crippen molar-refractivity contribution in [3.8, 4) is 0 Å². The second-order valence-electron chi connectivity index (χ2n) is 7.29. The van der Waals surface area contributed by atoms with E-state index in [1.807, 2.05) is 80.6 Å². The van der Waals surface area contributed by atoms with Crippen LogP contribution in [0.5, 0.6) is 0 Å². The number of rotatable bonds is 5. The summed E-state index contributed by atoms with van der Waals surface area (Å²) in [6.07, 6.45) is 0. The van der Waals surface area contributed by atoms with E-state index in [9.17, 15) is 9.59 Å². The molecule has 4 rings (SSSR count). The van der Waals surface area contributed by atoms with Crippen molar-refractivity contribution in [3.05, 3.63) is 94.7 Å². The Hall–Kier alpha value is -3.93. The summed E-state index contributed by atoms with van der Waals surface area (Å²) in [7, 11) is 0. The quantitative estimate of drug-likeness (QED) is 0.531. The summed E-state index contributed by atoms with van der Waals surface area (Å²) < 4.78 is 1.75. The van der Waals surface area contributed by atoms with Crippen LogP contribution in [0, 0.1) is 13.8 Å². The maximum Gasteiger partial charge on any atom is 0.269 e. The molecule has 3 N–H and O–H groups in total. The van der Waals surface area contributed by atoms with Gasteiger partial charge in [0.1, 0.15) is 0 Å². The zero-order chi connectivity index (χ0) is 21.3. The van der Waals surface area contributed by atoms with Gasteiger partial charge in [0, 0.05) is 16.6 Å². The number of primary amides is 1. The third kappa shape index (κ3) is 3.67. The predicted octanol–water partition coefficient (Wildman–Crippen LogP) is 4.05. The molecule has 6 heteroatoms. The van der Waals surface area contributed by atoms with Crippen molar-refractivity contribution in [1.29, 1.82) is 0 Å². The van der Waals surface area contributed by atoms with Gasteiger partial charge in [-0.2, -0.15) is 5.10 Å². The Labute approximate surface area is 174 Å². The van der Waals surface area contributed by atoms with Crippen LogP contribution < -0.4 is 11.1 Å². The lowest BCUT2D eigenvalue weighted by atomic mass is 10.0. The lowest BCUT2D eigenvalue weighted by Gasteiger charge is -2.11. The molecule has 0 aliphatic heterocycles. The number of carbonyl (C=O) groups is 2. The molecule has 0 aliphatic rings. The van der Waals surface area contributed by atoms with Gasteiger partial charge in [0.25, 0.3) is 11.8 Å². The minimum atomic E-state index is -0.556. The van der Waals surface area contributed by atoms with Gasteiger partial charge in [-0.05, 0) is 54.8 Å². The average Bonchev–Trinajstić information content (AvgIpc) is 3.09. The van der Waals surface area contributed by atoms with Crippen LogP contribution in [0.1, 0.15) is 37.5 Å². The van der Waals surface area contributed by atoms with Crippen molar-refractivity contribution >= 4 is 28.4 Å². The van der Waals surface area contributed by atoms with Crippen molar-refractivity contribution in [2.45, 2.75) is 20.4 Å². The zero-order valence-corrected chi connectivity index (χ0v) is 16.8. The Kier molecular flexibility index (Phi) is 5.06. The Morgan fingerprint density at radius 1 is 1.00 bits per heavy atom. The minimum absolute atomic E-state index is 0.145. The molecule has 0 spiro atoms. The summed E-state index contributed by atoms with van der Waals surface area (Å²) in [4.78, 5) is 24.5. The third-order valence-corrected chi connectivity index (χ3v) is 5.26. The number of hydrogen-bond acceptors (Lipinski definition) is 3. The van der Waals surface area contributed by atoms with Gasteiger partial charge in [0.05, 0.1) is 12.1 Å². The molecule has 0 radical (unpaired) electrons. The maximum absolute atomic E-state index is 12.7. The number of aryl methyl sites for hydroxylation is 1. The highest BCUT2D eigenvalue weighted by molar-refractivity contribution is 6.05. The number of para-hydroxylation sites is 1. The van der Waals surface area contributed by atoms with E-state index in [-0.39, 0.29) is 11.6 Å². The summed E-state index contributed by atoms with van der Waals surface area (Å²) in [5.74, 6) is -0.701. The number of hydrogen-bond donors (Lipinski definition) is 2. The topological polar surface area (TPSA) is 90.0 Å². The van der Waals surface area contributed by atoms with Gasteiger partial charge in [-0.1, -0.05) is 42.5 Å². The Morgan fingerprint density at radius 3 is 2.57 bits per heavy atom. The van der Waals surface area contributed by atoms with E-state index in [1.165, 1.54) is 0 Å². The molecule has 0 saturated carbocycles. The number of fused-ring (bicyclic) bond motifs is 1. The maximum atomic E-state index is 12.7. The first-order valence-corrected chi connectivity index (χ1v) is 9.66. The Morgan fingerprint density at radius 2 is 1.77 bits per heavy atom. The number of anilines is 1. The zero-order valence-electron chi connectivity index (χ0n) is 16.8. The fraction of sp³-hybridized carbons (Fsp3) is 0.125. The molecule has 1 heterocycles. The minimum Gasteiger partial charge on any atom is -0.364 e. The molecule has 0 atom stereocenters. The number of carbonyl (C=O) groups excluding carboxylic acids is 2. The second-order valence-corrected chi connectivity index (χ2v) is 7.29. The molecule has 2 amide bonds. The summed E-state index contributed by atoms with van der Waals surface area (Å²) in [5.41, 5.74) is 10.9. The lowest BCUT2D eigenvalue weighted by molar-refractivity contribution is 0.0993. The summed E-state index contributed by atoms with van der Waals surface area (Å²) in [6, 6.07) is 20.8. The van der Waals surface area contributed by atoms with Gasteiger partial charge in [-0.15, -0.1) is 0 Å². The molecule has 4 aromatic rings. The van der Waals surface area contributed by atoms with E-state index < -0.39 is 5.91 Å². The summed E-state index contributed by atoms with van der Waals surface area (Å²) in [6.45, 7) is 4.38. The van der Waals surface area contributed by atoms with Crippen molar-refractivity contribution in [1.82, 2.24) is 9.78 Å². The molecule has 30 heavy (non-hydrogen) atoms. The predicted molar refractivity (Wildman–Crippen MR) is 118 cm³/mol. The van der Waals surface area contributed by atoms with E-state index >= 15 is 0 Å². The molecule has 0 bridgehead atoms. The van der Waals surface area contributed by atoms with Gasteiger partial charge in [0.2, 0.25) is 0 Å². The number of amides is 2. The average molecular weight is 398 g/mol. The molecule has 0 fully saturated rings. The van der Waals surface area contributed by atoms with Crippen LogP contribution in [0.3, 0.4) is 0 Å². The fourth-order valence-corrected chi connectivity index (χ4v) is 3.55. The van der Waals surface area contributed by atoms with E-state index in [2.05, 4.69) is 10.4 Å². The van der Waals surface area contributed by atoms with Crippen LogP contribution >= 0.6 is 0 Å². The van der Waals surface area contributed by atoms with Crippen molar-refractivity contribution < 1.29 is 9.59 Å². The smallest absolute Gasteiger partial charge is 0.269 e. The van der Waals surface area contributed by atoms with E-state index in [4.69, 9.17) is 5.73 Å². The largest absolute Gasteiger partial charge is 0.364 e. The van der Waals surface area contributed by atoms with Gasteiger partial charge in [-0.25, -0.2) is 0 Å². The first-order valence-electron chi connectivity index (χ1n) is 9.66. The number of benzene rings is 3. The van der Waals surface area contributed by atoms with Crippen molar-refractivity contribution in [2.75, 3.05) is 5.32 Å². The van der Waals surface area contributed by atoms with E-state index in [0.717, 1.165) is 27.6 Å². The molecule has 0 unspecified atom stereocenters. The van der Waals surface area contributed by atoms with Gasteiger partial charge in [0.15, 0.2) is 5.69 Å². The molecule has 1 aromatic heterocycles. The monoisotopic (exact) mass is 398 g/mol. The van der Waals surface area contributed by atoms with Crippen LogP contribution in [0.25, 0.3) is 10.9 Å².